The number of thioether (sulfide) groups is 2. The third-order valence-corrected chi connectivity index (χ3v) is 8.94. The van der Waals surface area contributed by atoms with E-state index in [0.29, 0.717) is 38.5 Å². The predicted octanol–water partition coefficient (Wildman–Crippen LogP) is 5.41. The minimum Gasteiger partial charge on any atom is -0.258 e. The molecule has 1 aliphatic rings. The molecular weight excluding hydrogens is 487 g/mol. The van der Waals surface area contributed by atoms with Crippen molar-refractivity contribution in [3.05, 3.63) is 73.1 Å². The summed E-state index contributed by atoms with van der Waals surface area (Å²) in [5.74, 6) is 1.29. The first-order valence-electron chi connectivity index (χ1n) is 8.88. The zero-order valence-electron chi connectivity index (χ0n) is 15.7. The van der Waals surface area contributed by atoms with Crippen molar-refractivity contribution in [1.82, 2.24) is 4.31 Å². The molecule has 3 rings (SSSR count). The maximum atomic E-state index is 13.0. The second kappa shape index (κ2) is 10.4. The molecule has 1 heterocycles. The van der Waals surface area contributed by atoms with Gasteiger partial charge < -0.3 is 0 Å². The second-order valence-corrected chi connectivity index (χ2v) is 11.6. The van der Waals surface area contributed by atoms with Crippen molar-refractivity contribution < 1.29 is 13.3 Å². The minimum absolute atomic E-state index is 0.0650. The van der Waals surface area contributed by atoms with Crippen LogP contribution in [0.1, 0.15) is 5.56 Å². The van der Waals surface area contributed by atoms with Crippen molar-refractivity contribution in [2.24, 2.45) is 0 Å². The molecule has 0 spiro atoms. The highest BCUT2D eigenvalue weighted by Gasteiger charge is 2.26. The molecule has 1 saturated heterocycles. The molecule has 11 heteroatoms. The summed E-state index contributed by atoms with van der Waals surface area (Å²) in [4.78, 5) is 11.7. The average Bonchev–Trinajstić information content (AvgIpc) is 2.71. The monoisotopic (exact) mass is 504 g/mol. The van der Waals surface area contributed by atoms with E-state index in [1.807, 2.05) is 0 Å². The third-order valence-electron chi connectivity index (χ3n) is 4.23. The molecule has 1 aliphatic heterocycles. The van der Waals surface area contributed by atoms with Crippen LogP contribution in [0.4, 0.5) is 5.69 Å². The van der Waals surface area contributed by atoms with Gasteiger partial charge in [0, 0.05) is 51.6 Å². The normalized spacial score (nSPS) is 15.9. The number of halogens is 2. The number of hydrogen-bond donors (Lipinski definition) is 0. The highest BCUT2D eigenvalue weighted by Crippen LogP contribution is 2.36. The predicted molar refractivity (Wildman–Crippen MR) is 126 cm³/mol. The first-order valence-corrected chi connectivity index (χ1v) is 13.2. The van der Waals surface area contributed by atoms with Crippen LogP contribution in [-0.2, 0) is 10.0 Å². The van der Waals surface area contributed by atoms with E-state index < -0.39 is 14.9 Å². The SMILES string of the molecule is O=[N+]([O-])c1cccc(C=C(CS(=O)(=O)N2CCSCC2)Sc2cc(Cl)ccc2Cl)c1. The van der Waals surface area contributed by atoms with Gasteiger partial charge in [-0.3, -0.25) is 10.1 Å². The molecule has 160 valence electrons. The Balaban J connectivity index is 1.96. The number of rotatable bonds is 7. The highest BCUT2D eigenvalue weighted by atomic mass is 35.5. The van der Waals surface area contributed by atoms with Crippen LogP contribution in [0.15, 0.2) is 52.3 Å². The maximum absolute atomic E-state index is 13.0. The standard InChI is InChI=1S/C19H18Cl2N2O4S3/c20-15-4-5-18(21)19(12-15)29-17(11-14-2-1-3-16(10-14)23(24)25)13-30(26,27)22-6-8-28-9-7-22/h1-5,10-12H,6-9,13H2. The molecule has 6 nitrogen and oxygen atoms in total. The summed E-state index contributed by atoms with van der Waals surface area (Å²) in [6.07, 6.45) is 1.64. The van der Waals surface area contributed by atoms with E-state index in [1.54, 1.807) is 48.2 Å². The zero-order chi connectivity index (χ0) is 21.7. The molecule has 30 heavy (non-hydrogen) atoms. The van der Waals surface area contributed by atoms with Gasteiger partial charge in [0.1, 0.15) is 0 Å². The van der Waals surface area contributed by atoms with Crippen LogP contribution in [0.2, 0.25) is 10.0 Å². The van der Waals surface area contributed by atoms with Gasteiger partial charge in [0.05, 0.1) is 15.7 Å². The van der Waals surface area contributed by atoms with E-state index >= 15 is 0 Å². The molecule has 0 unspecified atom stereocenters. The lowest BCUT2D eigenvalue weighted by Crippen LogP contribution is -2.39. The topological polar surface area (TPSA) is 80.5 Å². The van der Waals surface area contributed by atoms with Gasteiger partial charge in [-0.2, -0.15) is 16.1 Å². The Morgan fingerprint density at radius 3 is 2.63 bits per heavy atom. The molecular formula is C19H18Cl2N2O4S3. The summed E-state index contributed by atoms with van der Waals surface area (Å²) in [6, 6.07) is 11.0. The van der Waals surface area contributed by atoms with E-state index in [2.05, 4.69) is 0 Å². The molecule has 2 aromatic rings. The van der Waals surface area contributed by atoms with Gasteiger partial charge in [0.2, 0.25) is 10.0 Å². The van der Waals surface area contributed by atoms with Gasteiger partial charge in [-0.25, -0.2) is 8.42 Å². The van der Waals surface area contributed by atoms with Crippen LogP contribution in [0.5, 0.6) is 0 Å². The van der Waals surface area contributed by atoms with Crippen LogP contribution in [0.25, 0.3) is 6.08 Å². The van der Waals surface area contributed by atoms with Crippen molar-refractivity contribution >= 4 is 68.5 Å². The number of nitro benzene ring substituents is 1. The summed E-state index contributed by atoms with van der Waals surface area (Å²) in [5.41, 5.74) is 0.471. The van der Waals surface area contributed by atoms with E-state index in [0.717, 1.165) is 11.5 Å². The van der Waals surface area contributed by atoms with Crippen LogP contribution in [0.3, 0.4) is 0 Å². The summed E-state index contributed by atoms with van der Waals surface area (Å²) < 4.78 is 27.5. The van der Waals surface area contributed by atoms with Gasteiger partial charge >= 0.3 is 0 Å². The second-order valence-electron chi connectivity index (χ2n) is 6.41. The number of sulfonamides is 1. The van der Waals surface area contributed by atoms with Crippen LogP contribution < -0.4 is 0 Å². The highest BCUT2D eigenvalue weighted by molar-refractivity contribution is 8.04. The Kier molecular flexibility index (Phi) is 8.11. The Morgan fingerprint density at radius 1 is 1.20 bits per heavy atom. The molecule has 0 radical (unpaired) electrons. The largest absolute Gasteiger partial charge is 0.270 e. The molecule has 1 fully saturated rings. The van der Waals surface area contributed by atoms with Crippen molar-refractivity contribution in [2.75, 3.05) is 30.3 Å². The smallest absolute Gasteiger partial charge is 0.258 e. The van der Waals surface area contributed by atoms with Crippen LogP contribution in [-0.4, -0.2) is 48.0 Å². The number of benzene rings is 2. The Hall–Kier alpha value is -1.23. The van der Waals surface area contributed by atoms with Crippen molar-refractivity contribution in [2.45, 2.75) is 4.90 Å². The lowest BCUT2D eigenvalue weighted by atomic mass is 10.2. The maximum Gasteiger partial charge on any atom is 0.270 e. The molecule has 0 N–H and O–H groups in total. The molecule has 0 bridgehead atoms. The molecule has 0 saturated carbocycles. The zero-order valence-corrected chi connectivity index (χ0v) is 19.6. The fourth-order valence-corrected chi connectivity index (χ4v) is 7.29. The lowest BCUT2D eigenvalue weighted by Gasteiger charge is -2.26. The number of nitro groups is 1. The van der Waals surface area contributed by atoms with E-state index in [1.165, 1.54) is 28.2 Å². The van der Waals surface area contributed by atoms with Crippen LogP contribution >= 0.6 is 46.7 Å². The van der Waals surface area contributed by atoms with Crippen molar-refractivity contribution in [3.8, 4) is 0 Å². The molecule has 0 atom stereocenters. The Labute approximate surface area is 193 Å². The Morgan fingerprint density at radius 2 is 1.93 bits per heavy atom. The van der Waals surface area contributed by atoms with E-state index in [4.69, 9.17) is 23.2 Å². The van der Waals surface area contributed by atoms with Gasteiger partial charge in [-0.05, 0) is 29.8 Å². The number of hydrogen-bond acceptors (Lipinski definition) is 6. The first kappa shape index (κ1) is 23.4. The van der Waals surface area contributed by atoms with Gasteiger partial charge in [0.25, 0.3) is 5.69 Å². The van der Waals surface area contributed by atoms with Gasteiger partial charge in [-0.15, -0.1) is 0 Å². The summed E-state index contributed by atoms with van der Waals surface area (Å²) in [6.45, 7) is 0.944. The fraction of sp³-hybridized carbons (Fsp3) is 0.263. The average molecular weight is 505 g/mol. The Bertz CT molecular complexity index is 1070. The van der Waals surface area contributed by atoms with Crippen LogP contribution in [0, 0.1) is 10.1 Å². The fourth-order valence-electron chi connectivity index (χ4n) is 2.81. The van der Waals surface area contributed by atoms with Crippen molar-refractivity contribution in [1.29, 1.82) is 0 Å². The number of nitrogens with zero attached hydrogens (tertiary/aromatic N) is 2. The van der Waals surface area contributed by atoms with E-state index in [9.17, 15) is 18.5 Å². The molecule has 0 aliphatic carbocycles. The molecule has 0 amide bonds. The lowest BCUT2D eigenvalue weighted by molar-refractivity contribution is -0.384. The van der Waals surface area contributed by atoms with Gasteiger partial charge in [-0.1, -0.05) is 47.1 Å². The first-order chi connectivity index (χ1) is 14.2. The molecule has 2 aromatic carbocycles. The van der Waals surface area contributed by atoms with Gasteiger partial charge in [0.15, 0.2) is 0 Å². The minimum atomic E-state index is -3.55. The summed E-state index contributed by atoms with van der Waals surface area (Å²) in [7, 11) is -3.55. The molecule has 0 aromatic heterocycles. The van der Waals surface area contributed by atoms with E-state index in [-0.39, 0.29) is 11.4 Å². The summed E-state index contributed by atoms with van der Waals surface area (Å²) in [5, 5.41) is 12.0. The quantitative estimate of drug-likeness (QED) is 0.284. The summed E-state index contributed by atoms with van der Waals surface area (Å²) >= 11 is 15.3. The number of non-ortho nitro benzene ring substituents is 1. The van der Waals surface area contributed by atoms with Crippen molar-refractivity contribution in [3.63, 3.8) is 0 Å². The third kappa shape index (κ3) is 6.38.